The molecule has 2 atom stereocenters. The van der Waals surface area contributed by atoms with Gasteiger partial charge in [-0.25, -0.2) is 0 Å². The summed E-state index contributed by atoms with van der Waals surface area (Å²) in [7, 11) is 0. The second-order valence-electron chi connectivity index (χ2n) is 3.90. The SMILES string of the molecule is CC(C)[C@@H](CS)OC1CCCCO1. The van der Waals surface area contributed by atoms with Crippen molar-refractivity contribution in [2.45, 2.75) is 45.5 Å². The van der Waals surface area contributed by atoms with E-state index in [0.29, 0.717) is 5.92 Å². The maximum Gasteiger partial charge on any atom is 0.158 e. The van der Waals surface area contributed by atoms with Crippen LogP contribution in [0.3, 0.4) is 0 Å². The molecule has 1 fully saturated rings. The van der Waals surface area contributed by atoms with E-state index in [9.17, 15) is 0 Å². The molecule has 0 aromatic carbocycles. The number of rotatable bonds is 4. The number of ether oxygens (including phenoxy) is 2. The summed E-state index contributed by atoms with van der Waals surface area (Å²) in [5.41, 5.74) is 0. The first kappa shape index (κ1) is 11.3. The fourth-order valence-electron chi connectivity index (χ4n) is 1.42. The van der Waals surface area contributed by atoms with E-state index in [2.05, 4.69) is 26.5 Å². The van der Waals surface area contributed by atoms with Crippen molar-refractivity contribution in [2.24, 2.45) is 5.92 Å². The molecule has 78 valence electrons. The Balaban J connectivity index is 2.27. The molecule has 1 unspecified atom stereocenters. The van der Waals surface area contributed by atoms with Crippen molar-refractivity contribution in [1.82, 2.24) is 0 Å². The lowest BCUT2D eigenvalue weighted by Crippen LogP contribution is -2.31. The van der Waals surface area contributed by atoms with E-state index < -0.39 is 0 Å². The van der Waals surface area contributed by atoms with E-state index in [4.69, 9.17) is 9.47 Å². The molecule has 3 heteroatoms. The van der Waals surface area contributed by atoms with Crippen LogP contribution in [0.4, 0.5) is 0 Å². The number of thiol groups is 1. The Morgan fingerprint density at radius 2 is 2.23 bits per heavy atom. The minimum Gasteiger partial charge on any atom is -0.353 e. The first-order valence-corrected chi connectivity index (χ1v) is 5.75. The number of hydrogen-bond donors (Lipinski definition) is 1. The van der Waals surface area contributed by atoms with Crippen molar-refractivity contribution >= 4 is 12.6 Å². The van der Waals surface area contributed by atoms with Crippen molar-refractivity contribution in [3.63, 3.8) is 0 Å². The van der Waals surface area contributed by atoms with Gasteiger partial charge in [0.05, 0.1) is 6.10 Å². The maximum atomic E-state index is 5.80. The van der Waals surface area contributed by atoms with Gasteiger partial charge in [-0.3, -0.25) is 0 Å². The van der Waals surface area contributed by atoms with Crippen molar-refractivity contribution < 1.29 is 9.47 Å². The van der Waals surface area contributed by atoms with Crippen LogP contribution in [0.1, 0.15) is 33.1 Å². The van der Waals surface area contributed by atoms with E-state index in [0.717, 1.165) is 18.8 Å². The van der Waals surface area contributed by atoms with Crippen molar-refractivity contribution in [3.05, 3.63) is 0 Å². The fourth-order valence-corrected chi connectivity index (χ4v) is 1.93. The lowest BCUT2D eigenvalue weighted by atomic mass is 10.1. The molecule has 1 rings (SSSR count). The average molecular weight is 204 g/mol. The van der Waals surface area contributed by atoms with Gasteiger partial charge in [0, 0.05) is 12.4 Å². The Kier molecular flexibility index (Phi) is 5.14. The Bertz CT molecular complexity index is 133. The lowest BCUT2D eigenvalue weighted by Gasteiger charge is -2.28. The van der Waals surface area contributed by atoms with Crippen molar-refractivity contribution in [2.75, 3.05) is 12.4 Å². The van der Waals surface area contributed by atoms with Crippen LogP contribution in [0.5, 0.6) is 0 Å². The zero-order valence-corrected chi connectivity index (χ0v) is 9.43. The molecule has 0 amide bonds. The molecule has 1 aliphatic rings. The maximum absolute atomic E-state index is 5.80. The molecule has 13 heavy (non-hydrogen) atoms. The van der Waals surface area contributed by atoms with Gasteiger partial charge in [0.2, 0.25) is 0 Å². The predicted octanol–water partition coefficient (Wildman–Crippen LogP) is 2.48. The van der Waals surface area contributed by atoms with Gasteiger partial charge in [-0.1, -0.05) is 13.8 Å². The Labute approximate surface area is 86.4 Å². The molecular weight excluding hydrogens is 184 g/mol. The highest BCUT2D eigenvalue weighted by Gasteiger charge is 2.20. The summed E-state index contributed by atoms with van der Waals surface area (Å²) < 4.78 is 11.3. The summed E-state index contributed by atoms with van der Waals surface area (Å²) in [6.45, 7) is 5.16. The minimum atomic E-state index is 0.0216. The molecule has 0 radical (unpaired) electrons. The molecule has 0 bridgehead atoms. The molecule has 0 aliphatic carbocycles. The van der Waals surface area contributed by atoms with Crippen LogP contribution in [0.15, 0.2) is 0 Å². The average Bonchev–Trinajstić information content (AvgIpc) is 2.15. The van der Waals surface area contributed by atoms with Gasteiger partial charge in [0.15, 0.2) is 6.29 Å². The topological polar surface area (TPSA) is 18.5 Å². The van der Waals surface area contributed by atoms with E-state index in [1.54, 1.807) is 0 Å². The zero-order valence-electron chi connectivity index (χ0n) is 8.53. The van der Waals surface area contributed by atoms with Crippen molar-refractivity contribution in [1.29, 1.82) is 0 Å². The lowest BCUT2D eigenvalue weighted by molar-refractivity contribution is -0.190. The van der Waals surface area contributed by atoms with E-state index >= 15 is 0 Å². The van der Waals surface area contributed by atoms with Crippen LogP contribution in [0.25, 0.3) is 0 Å². The highest BCUT2D eigenvalue weighted by Crippen LogP contribution is 2.18. The molecule has 0 spiro atoms. The van der Waals surface area contributed by atoms with Crippen LogP contribution in [0.2, 0.25) is 0 Å². The second kappa shape index (κ2) is 5.89. The van der Waals surface area contributed by atoms with Crippen LogP contribution in [0, 0.1) is 5.92 Å². The minimum absolute atomic E-state index is 0.0216. The van der Waals surface area contributed by atoms with E-state index in [1.807, 2.05) is 0 Å². The fraction of sp³-hybridized carbons (Fsp3) is 1.00. The smallest absolute Gasteiger partial charge is 0.158 e. The standard InChI is InChI=1S/C10H20O2S/c1-8(2)9(7-13)12-10-5-3-4-6-11-10/h8-10,13H,3-7H2,1-2H3/t9-,10?/m1/s1. The molecule has 0 aromatic rings. The molecule has 0 aromatic heterocycles. The third-order valence-corrected chi connectivity index (χ3v) is 2.75. The summed E-state index contributed by atoms with van der Waals surface area (Å²) in [4.78, 5) is 0. The Morgan fingerprint density at radius 3 is 2.69 bits per heavy atom. The third kappa shape index (κ3) is 3.88. The first-order valence-electron chi connectivity index (χ1n) is 5.12. The largest absolute Gasteiger partial charge is 0.353 e. The van der Waals surface area contributed by atoms with Gasteiger partial charge >= 0.3 is 0 Å². The van der Waals surface area contributed by atoms with Gasteiger partial charge < -0.3 is 9.47 Å². The first-order chi connectivity index (χ1) is 6.24. The molecule has 0 N–H and O–H groups in total. The molecule has 1 saturated heterocycles. The summed E-state index contributed by atoms with van der Waals surface area (Å²) >= 11 is 4.27. The Morgan fingerprint density at radius 1 is 1.46 bits per heavy atom. The van der Waals surface area contributed by atoms with Crippen LogP contribution in [-0.4, -0.2) is 24.8 Å². The van der Waals surface area contributed by atoms with Crippen LogP contribution >= 0.6 is 12.6 Å². The monoisotopic (exact) mass is 204 g/mol. The van der Waals surface area contributed by atoms with Crippen LogP contribution < -0.4 is 0 Å². The molecule has 1 aliphatic heterocycles. The third-order valence-electron chi connectivity index (χ3n) is 2.39. The summed E-state index contributed by atoms with van der Waals surface area (Å²) in [5, 5.41) is 0. The number of hydrogen-bond acceptors (Lipinski definition) is 3. The Hall–Kier alpha value is 0.270. The second-order valence-corrected chi connectivity index (χ2v) is 4.26. The van der Waals surface area contributed by atoms with E-state index in [-0.39, 0.29) is 12.4 Å². The van der Waals surface area contributed by atoms with Gasteiger partial charge in [-0.2, -0.15) is 12.6 Å². The summed E-state index contributed by atoms with van der Waals surface area (Å²) in [6, 6.07) is 0. The van der Waals surface area contributed by atoms with Crippen LogP contribution in [-0.2, 0) is 9.47 Å². The van der Waals surface area contributed by atoms with E-state index in [1.165, 1.54) is 12.8 Å². The molecule has 2 nitrogen and oxygen atoms in total. The molecule has 0 saturated carbocycles. The normalized spacial score (nSPS) is 26.3. The summed E-state index contributed by atoms with van der Waals surface area (Å²) in [6.07, 6.45) is 3.69. The van der Waals surface area contributed by atoms with Gasteiger partial charge in [0.25, 0.3) is 0 Å². The molecule has 1 heterocycles. The highest BCUT2D eigenvalue weighted by atomic mass is 32.1. The molecular formula is C10H20O2S. The van der Waals surface area contributed by atoms with Gasteiger partial charge in [0.1, 0.15) is 0 Å². The van der Waals surface area contributed by atoms with Gasteiger partial charge in [-0.05, 0) is 25.2 Å². The van der Waals surface area contributed by atoms with Gasteiger partial charge in [-0.15, -0.1) is 0 Å². The quantitative estimate of drug-likeness (QED) is 0.709. The van der Waals surface area contributed by atoms with Crippen molar-refractivity contribution in [3.8, 4) is 0 Å². The zero-order chi connectivity index (χ0) is 9.68. The predicted molar refractivity (Wildman–Crippen MR) is 57.2 cm³/mol. The highest BCUT2D eigenvalue weighted by molar-refractivity contribution is 7.80. The summed E-state index contributed by atoms with van der Waals surface area (Å²) in [5.74, 6) is 1.29.